The number of nitrogens with one attached hydrogen (secondary N) is 1. The van der Waals surface area contributed by atoms with Gasteiger partial charge in [0.1, 0.15) is 11.9 Å². The summed E-state index contributed by atoms with van der Waals surface area (Å²) < 4.78 is 62.5. The fourth-order valence-electron chi connectivity index (χ4n) is 4.57. The number of hydrogen-bond acceptors (Lipinski definition) is 7. The second kappa shape index (κ2) is 12.6. The van der Waals surface area contributed by atoms with E-state index >= 15 is 0 Å². The average molecular weight is 636 g/mol. The molecule has 0 fully saturated rings. The van der Waals surface area contributed by atoms with Crippen LogP contribution in [0.5, 0.6) is 5.75 Å². The molecule has 3 aromatic carbocycles. The van der Waals surface area contributed by atoms with Crippen LogP contribution in [0, 0.1) is 12.8 Å². The summed E-state index contributed by atoms with van der Waals surface area (Å²) in [5, 5.41) is 10.3. The van der Waals surface area contributed by atoms with Crippen molar-refractivity contribution in [3.05, 3.63) is 82.9 Å². The Morgan fingerprint density at radius 2 is 1.67 bits per heavy atom. The van der Waals surface area contributed by atoms with Crippen LogP contribution >= 0.6 is 11.6 Å². The van der Waals surface area contributed by atoms with Crippen LogP contribution in [-0.4, -0.2) is 75.9 Å². The molecule has 0 saturated carbocycles. The van der Waals surface area contributed by atoms with E-state index in [4.69, 9.17) is 16.3 Å². The highest BCUT2D eigenvalue weighted by atomic mass is 35.5. The molecule has 10 nitrogen and oxygen atoms in total. The maximum atomic E-state index is 13.7. The number of fused-ring (bicyclic) bond motifs is 1. The number of rotatable bonds is 9. The first kappa shape index (κ1) is 31.8. The predicted molar refractivity (Wildman–Crippen MR) is 161 cm³/mol. The van der Waals surface area contributed by atoms with Crippen LogP contribution in [0.1, 0.15) is 29.8 Å². The number of sulfonamides is 2. The van der Waals surface area contributed by atoms with Gasteiger partial charge < -0.3 is 14.7 Å². The molecule has 1 aliphatic heterocycles. The van der Waals surface area contributed by atoms with Gasteiger partial charge in [-0.2, -0.15) is 4.31 Å². The Balaban J connectivity index is 1.68. The van der Waals surface area contributed by atoms with Gasteiger partial charge >= 0.3 is 0 Å². The van der Waals surface area contributed by atoms with E-state index in [2.05, 4.69) is 4.72 Å². The normalized spacial score (nSPS) is 18.5. The van der Waals surface area contributed by atoms with Crippen molar-refractivity contribution < 1.29 is 31.5 Å². The first-order valence-corrected chi connectivity index (χ1v) is 16.6. The van der Waals surface area contributed by atoms with Gasteiger partial charge in [-0.25, -0.2) is 16.8 Å². The summed E-state index contributed by atoms with van der Waals surface area (Å²) in [4.78, 5) is 15.3. The number of aliphatic hydroxyl groups excluding tert-OH is 1. The quantitative estimate of drug-likeness (QED) is 0.363. The molecule has 1 aliphatic rings. The van der Waals surface area contributed by atoms with Crippen LogP contribution in [0.3, 0.4) is 0 Å². The standard InChI is InChI=1S/C29H34ClN3O7S2/c1-19-5-10-24(11-6-19)41(36,37)31-23-9-14-27-26(15-23)29(35)33(21(3)18-34)16-20(2)28(40-27)17-32(4)42(38,39)25-12-7-22(30)8-13-25/h5-15,20-21,28,31,34H,16-18H2,1-4H3/t20-,21+,28-/m0/s1. The molecule has 0 saturated heterocycles. The number of aliphatic hydroxyl groups is 1. The topological polar surface area (TPSA) is 133 Å². The lowest BCUT2D eigenvalue weighted by atomic mass is 9.99. The van der Waals surface area contributed by atoms with E-state index in [1.165, 1.54) is 70.9 Å². The Morgan fingerprint density at radius 1 is 1.05 bits per heavy atom. The molecule has 0 radical (unpaired) electrons. The second-order valence-electron chi connectivity index (χ2n) is 10.5. The van der Waals surface area contributed by atoms with E-state index in [1.54, 1.807) is 19.1 Å². The number of amides is 1. The largest absolute Gasteiger partial charge is 0.488 e. The van der Waals surface area contributed by atoms with Crippen molar-refractivity contribution in [3.63, 3.8) is 0 Å². The molecule has 3 aromatic rings. The summed E-state index contributed by atoms with van der Waals surface area (Å²) in [6.45, 7) is 5.21. The smallest absolute Gasteiger partial charge is 0.261 e. The SMILES string of the molecule is Cc1ccc(S(=O)(=O)Nc2ccc3c(c2)C(=O)N([C@H](C)CO)C[C@H](C)[C@H](CN(C)S(=O)(=O)c2ccc(Cl)cc2)O3)cc1. The van der Waals surface area contributed by atoms with E-state index < -0.39 is 38.1 Å². The summed E-state index contributed by atoms with van der Waals surface area (Å²) in [6, 6.07) is 16.0. The predicted octanol–water partition coefficient (Wildman–Crippen LogP) is 3.99. The number of ether oxygens (including phenoxy) is 1. The summed E-state index contributed by atoms with van der Waals surface area (Å²) in [5.41, 5.74) is 1.14. The molecule has 4 rings (SSSR count). The third kappa shape index (κ3) is 6.90. The highest BCUT2D eigenvalue weighted by Crippen LogP contribution is 2.32. The minimum absolute atomic E-state index is 0.0388. The van der Waals surface area contributed by atoms with Gasteiger partial charge in [0.25, 0.3) is 15.9 Å². The van der Waals surface area contributed by atoms with Gasteiger partial charge in [0.15, 0.2) is 0 Å². The molecule has 1 amide bonds. The number of carbonyl (C=O) groups excluding carboxylic acids is 1. The van der Waals surface area contributed by atoms with Crippen molar-refractivity contribution in [1.82, 2.24) is 9.21 Å². The van der Waals surface area contributed by atoms with Gasteiger partial charge in [0.05, 0.1) is 34.5 Å². The van der Waals surface area contributed by atoms with Crippen LogP contribution in [0.25, 0.3) is 0 Å². The van der Waals surface area contributed by atoms with E-state index in [1.807, 2.05) is 13.8 Å². The van der Waals surface area contributed by atoms with Crippen molar-refractivity contribution >= 4 is 43.2 Å². The lowest BCUT2D eigenvalue weighted by Gasteiger charge is -2.38. The number of benzene rings is 3. The molecule has 0 aliphatic carbocycles. The number of anilines is 1. The molecular weight excluding hydrogens is 602 g/mol. The third-order valence-corrected chi connectivity index (χ3v) is 10.7. The monoisotopic (exact) mass is 635 g/mol. The Morgan fingerprint density at radius 3 is 2.29 bits per heavy atom. The average Bonchev–Trinajstić information content (AvgIpc) is 2.95. The Kier molecular flexibility index (Phi) is 9.53. The number of hydrogen-bond donors (Lipinski definition) is 2. The van der Waals surface area contributed by atoms with Gasteiger partial charge in [-0.05, 0) is 68.4 Å². The number of aryl methyl sites for hydroxylation is 1. The molecule has 2 N–H and O–H groups in total. The van der Waals surface area contributed by atoms with Crippen LogP contribution in [0.4, 0.5) is 5.69 Å². The molecule has 0 aromatic heterocycles. The molecule has 13 heteroatoms. The van der Waals surface area contributed by atoms with Gasteiger partial charge in [0, 0.05) is 30.2 Å². The van der Waals surface area contributed by atoms with E-state index in [9.17, 15) is 26.7 Å². The van der Waals surface area contributed by atoms with Crippen molar-refractivity contribution in [2.75, 3.05) is 31.5 Å². The third-order valence-electron chi connectivity index (χ3n) is 7.21. The molecule has 226 valence electrons. The Hall–Kier alpha value is -3.16. The fourth-order valence-corrected chi connectivity index (χ4v) is 6.93. The molecule has 1 heterocycles. The zero-order valence-corrected chi connectivity index (χ0v) is 26.1. The van der Waals surface area contributed by atoms with Gasteiger partial charge in [-0.1, -0.05) is 36.2 Å². The van der Waals surface area contributed by atoms with Crippen LogP contribution in [-0.2, 0) is 20.0 Å². The zero-order valence-electron chi connectivity index (χ0n) is 23.7. The second-order valence-corrected chi connectivity index (χ2v) is 14.7. The first-order valence-electron chi connectivity index (χ1n) is 13.3. The summed E-state index contributed by atoms with van der Waals surface area (Å²) in [5.74, 6) is -0.615. The molecule has 3 atom stereocenters. The fraction of sp³-hybridized carbons (Fsp3) is 0.345. The summed E-state index contributed by atoms with van der Waals surface area (Å²) in [7, 11) is -6.38. The lowest BCUT2D eigenvalue weighted by Crippen LogP contribution is -2.50. The number of nitrogens with zero attached hydrogens (tertiary/aromatic N) is 2. The first-order chi connectivity index (χ1) is 19.7. The van der Waals surface area contributed by atoms with Crippen molar-refractivity contribution in [3.8, 4) is 5.75 Å². The van der Waals surface area contributed by atoms with Crippen molar-refractivity contribution in [1.29, 1.82) is 0 Å². The molecule has 0 bridgehead atoms. The van der Waals surface area contributed by atoms with E-state index in [0.717, 1.165) is 5.56 Å². The Bertz CT molecular complexity index is 1650. The Labute approximate surface area is 252 Å². The van der Waals surface area contributed by atoms with Crippen LogP contribution in [0.15, 0.2) is 76.5 Å². The van der Waals surface area contributed by atoms with Crippen LogP contribution in [0.2, 0.25) is 5.02 Å². The zero-order chi connectivity index (χ0) is 30.8. The molecular formula is C29H34ClN3O7S2. The number of halogens is 1. The van der Waals surface area contributed by atoms with Gasteiger partial charge in [-0.3, -0.25) is 9.52 Å². The molecule has 0 unspecified atom stereocenters. The van der Waals surface area contributed by atoms with Crippen molar-refractivity contribution in [2.45, 2.75) is 42.7 Å². The van der Waals surface area contributed by atoms with Gasteiger partial charge in [-0.15, -0.1) is 0 Å². The van der Waals surface area contributed by atoms with E-state index in [-0.39, 0.29) is 52.4 Å². The van der Waals surface area contributed by atoms with Crippen molar-refractivity contribution in [2.24, 2.45) is 5.92 Å². The van der Waals surface area contributed by atoms with E-state index in [0.29, 0.717) is 5.02 Å². The summed E-state index contributed by atoms with van der Waals surface area (Å²) in [6.07, 6.45) is -0.688. The highest BCUT2D eigenvalue weighted by molar-refractivity contribution is 7.92. The molecule has 0 spiro atoms. The van der Waals surface area contributed by atoms with Crippen LogP contribution < -0.4 is 9.46 Å². The molecule has 42 heavy (non-hydrogen) atoms. The number of likely N-dealkylation sites (N-methyl/N-ethyl adjacent to an activating group) is 1. The summed E-state index contributed by atoms with van der Waals surface area (Å²) >= 11 is 5.93. The minimum atomic E-state index is -3.94. The highest BCUT2D eigenvalue weighted by Gasteiger charge is 2.35. The van der Waals surface area contributed by atoms with Gasteiger partial charge in [0.2, 0.25) is 10.0 Å². The maximum Gasteiger partial charge on any atom is 0.261 e. The maximum absolute atomic E-state index is 13.7. The minimum Gasteiger partial charge on any atom is -0.488 e. The lowest BCUT2D eigenvalue weighted by molar-refractivity contribution is 0.0387. The number of carbonyl (C=O) groups is 1.